The number of nitrogens with one attached hydrogen (secondary N) is 2. The summed E-state index contributed by atoms with van der Waals surface area (Å²) in [4.78, 5) is 5.39. The molecule has 1 aliphatic rings. The summed E-state index contributed by atoms with van der Waals surface area (Å²) in [5, 5.41) is 26.7. The maximum atomic E-state index is 13.2. The third kappa shape index (κ3) is 9.08. The number of benzene rings is 1. The van der Waals surface area contributed by atoms with Crippen molar-refractivity contribution in [2.24, 2.45) is 0 Å². The fourth-order valence-corrected chi connectivity index (χ4v) is 6.69. The van der Waals surface area contributed by atoms with Crippen molar-refractivity contribution in [2.45, 2.75) is 68.7 Å². The molecule has 1 atom stereocenters. The molecule has 0 bridgehead atoms. The van der Waals surface area contributed by atoms with Crippen LogP contribution in [-0.4, -0.2) is 58.3 Å². The third-order valence-electron chi connectivity index (χ3n) is 5.82. The monoisotopic (exact) mass is 700 g/mol. The van der Waals surface area contributed by atoms with Crippen molar-refractivity contribution in [1.82, 2.24) is 24.3 Å². The van der Waals surface area contributed by atoms with E-state index in [1.54, 1.807) is 35.7 Å². The Kier molecular flexibility index (Phi) is 11.8. The van der Waals surface area contributed by atoms with Crippen molar-refractivity contribution in [3.63, 3.8) is 0 Å². The predicted molar refractivity (Wildman–Crippen MR) is 162 cm³/mol. The predicted octanol–water partition coefficient (Wildman–Crippen LogP) is 7.49. The molecule has 0 amide bonds. The van der Waals surface area contributed by atoms with Crippen LogP contribution >= 0.6 is 34.9 Å². The lowest BCUT2D eigenvalue weighted by Gasteiger charge is -2.15. The number of alkyl halides is 5. The summed E-state index contributed by atoms with van der Waals surface area (Å²) in [5.74, 6) is 0.0708. The van der Waals surface area contributed by atoms with Crippen LogP contribution in [0.3, 0.4) is 0 Å². The zero-order valence-corrected chi connectivity index (χ0v) is 27.1. The second-order valence-corrected chi connectivity index (χ2v) is 13.9. The molecule has 0 aliphatic heterocycles. The van der Waals surface area contributed by atoms with Gasteiger partial charge in [-0.3, -0.25) is 4.40 Å². The molecule has 3 heterocycles. The SMILES string of the molecule is CC.CC(F)(F)F.Cc1cc(S(=N)(=O)CCO)ccc1-c1cc(SNC2(O)CC2)cn2c(-c3nnc(C(F)F)s3)nc(Cl)c12. The van der Waals surface area contributed by atoms with Crippen LogP contribution in [0, 0.1) is 11.7 Å². The number of aryl methyl sites for hydroxylation is 1. The molecule has 4 aromatic rings. The van der Waals surface area contributed by atoms with E-state index in [1.807, 2.05) is 19.9 Å². The number of hydrogen-bond acceptors (Lipinski definition) is 10. The van der Waals surface area contributed by atoms with Gasteiger partial charge in [-0.1, -0.05) is 42.9 Å². The van der Waals surface area contributed by atoms with Crippen molar-refractivity contribution in [3.8, 4) is 22.0 Å². The average molecular weight is 701 g/mol. The van der Waals surface area contributed by atoms with Crippen LogP contribution in [0.5, 0.6) is 0 Å². The number of aliphatic hydroxyl groups excluding tert-OH is 1. The highest BCUT2D eigenvalue weighted by molar-refractivity contribution is 7.97. The quantitative estimate of drug-likeness (QED) is 0.0801. The summed E-state index contributed by atoms with van der Waals surface area (Å²) in [5.41, 5.74) is 1.64. The van der Waals surface area contributed by atoms with E-state index in [0.717, 1.165) is 16.9 Å². The Balaban J connectivity index is 0.000000688. The van der Waals surface area contributed by atoms with Gasteiger partial charge in [-0.05, 0) is 61.0 Å². The molecule has 4 N–H and O–H groups in total. The second kappa shape index (κ2) is 14.3. The smallest absolute Gasteiger partial charge is 0.386 e. The minimum atomic E-state index is -4.00. The van der Waals surface area contributed by atoms with Gasteiger partial charge in [0, 0.05) is 28.5 Å². The molecular formula is C26H30ClF5N6O3S3. The van der Waals surface area contributed by atoms with Gasteiger partial charge in [0.2, 0.25) is 0 Å². The van der Waals surface area contributed by atoms with E-state index < -0.39 is 33.1 Å². The van der Waals surface area contributed by atoms with Gasteiger partial charge >= 0.3 is 6.18 Å². The maximum absolute atomic E-state index is 13.2. The standard InChI is InChI=1S/C22H21ClF2N6O3S3.C2H3F3.C2H6/c1-11-8-13(37(26,34)7-6-32)2-3-14(11)15-9-12(36-30-22(33)4-5-22)10-31-16(15)17(23)27-19(31)21-29-28-20(35-21)18(24)25;1-2(3,4)5;1-2/h2-3,8-10,18,26,30,32-33H,4-7H2,1H3;1H3;1-2H3. The van der Waals surface area contributed by atoms with E-state index in [1.165, 1.54) is 11.9 Å². The molecule has 1 aromatic carbocycles. The molecule has 3 aromatic heterocycles. The van der Waals surface area contributed by atoms with Crippen LogP contribution in [0.25, 0.3) is 27.5 Å². The van der Waals surface area contributed by atoms with Gasteiger partial charge in [0.15, 0.2) is 21.0 Å². The first-order valence-electron chi connectivity index (χ1n) is 13.1. The van der Waals surface area contributed by atoms with Crippen molar-refractivity contribution >= 4 is 50.1 Å². The highest BCUT2D eigenvalue weighted by Crippen LogP contribution is 2.41. The van der Waals surface area contributed by atoms with Crippen molar-refractivity contribution in [3.05, 3.63) is 46.2 Å². The molecule has 9 nitrogen and oxygen atoms in total. The number of imidazole rings is 1. The molecule has 44 heavy (non-hydrogen) atoms. The first-order chi connectivity index (χ1) is 20.5. The molecule has 0 spiro atoms. The van der Waals surface area contributed by atoms with E-state index in [4.69, 9.17) is 16.4 Å². The van der Waals surface area contributed by atoms with Crippen LogP contribution in [-0.2, 0) is 9.73 Å². The van der Waals surface area contributed by atoms with Crippen LogP contribution in [0.4, 0.5) is 22.0 Å². The van der Waals surface area contributed by atoms with Gasteiger partial charge in [-0.15, -0.1) is 10.2 Å². The molecule has 1 unspecified atom stereocenters. The van der Waals surface area contributed by atoms with Gasteiger partial charge in [0.05, 0.1) is 27.6 Å². The van der Waals surface area contributed by atoms with E-state index in [9.17, 15) is 36.4 Å². The number of hydrogen-bond donors (Lipinski definition) is 4. The molecule has 242 valence electrons. The second-order valence-electron chi connectivity index (χ2n) is 9.38. The molecule has 0 saturated heterocycles. The molecule has 1 saturated carbocycles. The highest BCUT2D eigenvalue weighted by Gasteiger charge is 2.40. The summed E-state index contributed by atoms with van der Waals surface area (Å²) in [6.07, 6.45) is -3.79. The fourth-order valence-electron chi connectivity index (χ4n) is 3.74. The zero-order chi connectivity index (χ0) is 33.0. The zero-order valence-electron chi connectivity index (χ0n) is 23.9. The Hall–Kier alpha value is -2.41. The van der Waals surface area contributed by atoms with Crippen LogP contribution in [0.1, 0.15) is 50.6 Å². The normalized spacial score (nSPS) is 15.3. The average Bonchev–Trinajstić information content (AvgIpc) is 3.32. The summed E-state index contributed by atoms with van der Waals surface area (Å²) in [6, 6.07) is 6.81. The van der Waals surface area contributed by atoms with Gasteiger partial charge in [-0.25, -0.2) is 27.5 Å². The fraction of sp³-hybridized carbons (Fsp3) is 0.423. The van der Waals surface area contributed by atoms with Gasteiger partial charge in [-0.2, -0.15) is 13.2 Å². The third-order valence-corrected chi connectivity index (χ3v) is 9.72. The van der Waals surface area contributed by atoms with E-state index in [2.05, 4.69) is 19.9 Å². The lowest BCUT2D eigenvalue weighted by Crippen LogP contribution is -2.23. The molecule has 0 radical (unpaired) electrons. The first kappa shape index (κ1) is 36.1. The minimum Gasteiger partial charge on any atom is -0.395 e. The minimum absolute atomic E-state index is 0.122. The topological polar surface area (TPSA) is 136 Å². The number of fused-ring (bicyclic) bond motifs is 1. The summed E-state index contributed by atoms with van der Waals surface area (Å²) >= 11 is 8.50. The van der Waals surface area contributed by atoms with E-state index in [-0.39, 0.29) is 35.3 Å². The summed E-state index contributed by atoms with van der Waals surface area (Å²) in [6.45, 7) is 5.63. The molecule has 18 heteroatoms. The Morgan fingerprint density at radius 2 is 1.86 bits per heavy atom. The number of nitrogens with zero attached hydrogens (tertiary/aromatic N) is 4. The Morgan fingerprint density at radius 1 is 1.23 bits per heavy atom. The summed E-state index contributed by atoms with van der Waals surface area (Å²) < 4.78 is 82.9. The number of rotatable bonds is 9. The van der Waals surface area contributed by atoms with Gasteiger partial charge in [0.1, 0.15) is 5.72 Å². The lowest BCUT2D eigenvalue weighted by molar-refractivity contribution is -0.110. The van der Waals surface area contributed by atoms with E-state index in [0.29, 0.717) is 39.3 Å². The summed E-state index contributed by atoms with van der Waals surface area (Å²) in [7, 11) is -3.16. The molecule has 1 aliphatic carbocycles. The Bertz CT molecular complexity index is 1700. The molecular weight excluding hydrogens is 671 g/mol. The first-order valence-corrected chi connectivity index (χ1v) is 16.8. The van der Waals surface area contributed by atoms with Crippen LogP contribution in [0.2, 0.25) is 5.15 Å². The van der Waals surface area contributed by atoms with Crippen LogP contribution in [0.15, 0.2) is 40.3 Å². The van der Waals surface area contributed by atoms with Crippen molar-refractivity contribution in [1.29, 1.82) is 4.78 Å². The number of pyridine rings is 1. The number of aliphatic hydroxyl groups is 2. The van der Waals surface area contributed by atoms with Crippen molar-refractivity contribution in [2.75, 3.05) is 12.4 Å². The molecule has 5 rings (SSSR count). The Labute approximate surface area is 264 Å². The van der Waals surface area contributed by atoms with Gasteiger partial charge < -0.3 is 10.2 Å². The Morgan fingerprint density at radius 3 is 2.39 bits per heavy atom. The maximum Gasteiger partial charge on any atom is 0.386 e. The lowest BCUT2D eigenvalue weighted by atomic mass is 10.0. The van der Waals surface area contributed by atoms with Crippen molar-refractivity contribution < 1.29 is 36.4 Å². The van der Waals surface area contributed by atoms with Crippen LogP contribution < -0.4 is 4.72 Å². The van der Waals surface area contributed by atoms with E-state index >= 15 is 0 Å². The van der Waals surface area contributed by atoms with Gasteiger partial charge in [0.25, 0.3) is 6.43 Å². The number of aromatic nitrogens is 4. The number of halogens is 6. The highest BCUT2D eigenvalue weighted by atomic mass is 35.5. The molecule has 1 fully saturated rings. The largest absolute Gasteiger partial charge is 0.395 e.